The predicted molar refractivity (Wildman–Crippen MR) is 107 cm³/mol. The fourth-order valence-electron chi connectivity index (χ4n) is 3.29. The van der Waals surface area contributed by atoms with Crippen LogP contribution in [0.1, 0.15) is 24.1 Å². The van der Waals surface area contributed by atoms with Gasteiger partial charge in [-0.25, -0.2) is 9.37 Å². The van der Waals surface area contributed by atoms with Gasteiger partial charge in [-0.15, -0.1) is 0 Å². The van der Waals surface area contributed by atoms with E-state index in [0.29, 0.717) is 24.9 Å². The van der Waals surface area contributed by atoms with Gasteiger partial charge >= 0.3 is 0 Å². The standard InChI is InChI=1S/C22H23FN4O/c1-24-21(26-15-22(10-11-22)17-8-5-9-18(23)12-17)25-13-19-14-28-20(27-19)16-6-3-2-4-7-16/h2-9,12,14H,10-11,13,15H2,1H3,(H2,24,25,26). The van der Waals surface area contributed by atoms with E-state index >= 15 is 0 Å². The SMILES string of the molecule is CN=C(NCc1coc(-c2ccccc2)n1)NCC1(c2cccc(F)c2)CC1. The van der Waals surface area contributed by atoms with E-state index in [1.54, 1.807) is 25.4 Å². The third kappa shape index (κ3) is 4.06. The largest absolute Gasteiger partial charge is 0.444 e. The minimum Gasteiger partial charge on any atom is -0.444 e. The number of nitrogens with one attached hydrogen (secondary N) is 2. The minimum absolute atomic E-state index is 0.00586. The highest BCUT2D eigenvalue weighted by Crippen LogP contribution is 2.47. The van der Waals surface area contributed by atoms with Crippen molar-refractivity contribution >= 4 is 5.96 Å². The molecular weight excluding hydrogens is 355 g/mol. The summed E-state index contributed by atoms with van der Waals surface area (Å²) in [4.78, 5) is 8.78. The lowest BCUT2D eigenvalue weighted by molar-refractivity contribution is 0.572. The molecule has 1 saturated carbocycles. The number of halogens is 1. The highest BCUT2D eigenvalue weighted by molar-refractivity contribution is 5.79. The van der Waals surface area contributed by atoms with Crippen LogP contribution in [0, 0.1) is 5.82 Å². The highest BCUT2D eigenvalue weighted by Gasteiger charge is 2.44. The first kappa shape index (κ1) is 18.2. The van der Waals surface area contributed by atoms with E-state index in [2.05, 4.69) is 20.6 Å². The lowest BCUT2D eigenvalue weighted by Gasteiger charge is -2.19. The van der Waals surface area contributed by atoms with Gasteiger partial charge in [0, 0.05) is 24.6 Å². The molecule has 0 bridgehead atoms. The van der Waals surface area contributed by atoms with Crippen molar-refractivity contribution in [1.29, 1.82) is 0 Å². The van der Waals surface area contributed by atoms with Crippen LogP contribution in [0.5, 0.6) is 0 Å². The van der Waals surface area contributed by atoms with Crippen LogP contribution in [-0.2, 0) is 12.0 Å². The zero-order valence-electron chi connectivity index (χ0n) is 15.8. The van der Waals surface area contributed by atoms with Crippen LogP contribution in [-0.4, -0.2) is 24.5 Å². The van der Waals surface area contributed by atoms with Crippen LogP contribution in [0.15, 0.2) is 70.3 Å². The second kappa shape index (κ2) is 7.84. The average Bonchev–Trinajstić information content (AvgIpc) is 3.38. The summed E-state index contributed by atoms with van der Waals surface area (Å²) in [7, 11) is 1.73. The van der Waals surface area contributed by atoms with E-state index in [1.807, 2.05) is 36.4 Å². The number of aliphatic imine (C=N–C) groups is 1. The Morgan fingerprint density at radius 1 is 1.14 bits per heavy atom. The van der Waals surface area contributed by atoms with Gasteiger partial charge in [-0.3, -0.25) is 4.99 Å². The van der Waals surface area contributed by atoms with Crippen LogP contribution in [0.4, 0.5) is 4.39 Å². The lowest BCUT2D eigenvalue weighted by Crippen LogP contribution is -2.41. The molecule has 0 aliphatic heterocycles. The molecule has 1 aromatic heterocycles. The number of oxazole rings is 1. The van der Waals surface area contributed by atoms with E-state index in [4.69, 9.17) is 4.42 Å². The molecule has 144 valence electrons. The topological polar surface area (TPSA) is 62.5 Å². The molecule has 28 heavy (non-hydrogen) atoms. The Balaban J connectivity index is 1.33. The smallest absolute Gasteiger partial charge is 0.226 e. The van der Waals surface area contributed by atoms with Gasteiger partial charge in [-0.2, -0.15) is 0 Å². The number of guanidine groups is 1. The molecule has 1 aliphatic carbocycles. The van der Waals surface area contributed by atoms with Gasteiger partial charge in [0.05, 0.1) is 12.2 Å². The Labute approximate surface area is 163 Å². The Morgan fingerprint density at radius 3 is 2.68 bits per heavy atom. The molecular formula is C22H23FN4O. The van der Waals surface area contributed by atoms with E-state index < -0.39 is 0 Å². The van der Waals surface area contributed by atoms with Crippen molar-refractivity contribution in [1.82, 2.24) is 15.6 Å². The second-order valence-corrected chi connectivity index (χ2v) is 7.08. The first-order valence-corrected chi connectivity index (χ1v) is 9.39. The van der Waals surface area contributed by atoms with Crippen molar-refractivity contribution in [2.24, 2.45) is 4.99 Å². The summed E-state index contributed by atoms with van der Waals surface area (Å²) in [6, 6.07) is 16.7. The molecule has 0 radical (unpaired) electrons. The lowest BCUT2D eigenvalue weighted by atomic mass is 9.96. The molecule has 0 atom stereocenters. The summed E-state index contributed by atoms with van der Waals surface area (Å²) in [6.45, 7) is 1.22. The molecule has 0 saturated heterocycles. The van der Waals surface area contributed by atoms with Crippen molar-refractivity contribution in [3.05, 3.63) is 77.9 Å². The Bertz CT molecular complexity index is 963. The van der Waals surface area contributed by atoms with Crippen LogP contribution in [0.25, 0.3) is 11.5 Å². The minimum atomic E-state index is -0.188. The third-order valence-corrected chi connectivity index (χ3v) is 5.12. The number of aromatic nitrogens is 1. The number of hydrogen-bond donors (Lipinski definition) is 2. The summed E-state index contributed by atoms with van der Waals surface area (Å²) in [6.07, 6.45) is 3.74. The van der Waals surface area contributed by atoms with Gasteiger partial charge in [-0.1, -0.05) is 30.3 Å². The van der Waals surface area contributed by atoms with Crippen molar-refractivity contribution in [3.8, 4) is 11.5 Å². The Hall–Kier alpha value is -3.15. The molecule has 0 amide bonds. The zero-order chi connectivity index (χ0) is 19.4. The molecule has 4 rings (SSSR count). The van der Waals surface area contributed by atoms with Crippen LogP contribution < -0.4 is 10.6 Å². The quantitative estimate of drug-likeness (QED) is 0.505. The van der Waals surface area contributed by atoms with E-state index in [0.717, 1.165) is 29.7 Å². The first-order chi connectivity index (χ1) is 13.7. The van der Waals surface area contributed by atoms with Gasteiger partial charge in [-0.05, 0) is 42.7 Å². The fourth-order valence-corrected chi connectivity index (χ4v) is 3.29. The summed E-state index contributed by atoms with van der Waals surface area (Å²) < 4.78 is 19.1. The van der Waals surface area contributed by atoms with Gasteiger partial charge in [0.25, 0.3) is 0 Å². The molecule has 0 spiro atoms. The monoisotopic (exact) mass is 378 g/mol. The normalized spacial score (nSPS) is 15.3. The number of benzene rings is 2. The van der Waals surface area contributed by atoms with E-state index in [1.165, 1.54) is 6.07 Å². The summed E-state index contributed by atoms with van der Waals surface area (Å²) >= 11 is 0. The second-order valence-electron chi connectivity index (χ2n) is 7.08. The summed E-state index contributed by atoms with van der Waals surface area (Å²) in [5.74, 6) is 1.10. The average molecular weight is 378 g/mol. The van der Waals surface area contributed by atoms with Crippen molar-refractivity contribution in [2.45, 2.75) is 24.8 Å². The maximum Gasteiger partial charge on any atom is 0.226 e. The van der Waals surface area contributed by atoms with Gasteiger partial charge in [0.1, 0.15) is 12.1 Å². The van der Waals surface area contributed by atoms with Crippen molar-refractivity contribution in [3.63, 3.8) is 0 Å². The molecule has 1 heterocycles. The fraction of sp³-hybridized carbons (Fsp3) is 0.273. The van der Waals surface area contributed by atoms with Crippen LogP contribution in [0.3, 0.4) is 0 Å². The predicted octanol–water partition coefficient (Wildman–Crippen LogP) is 3.88. The molecule has 0 unspecified atom stereocenters. The maximum absolute atomic E-state index is 13.6. The van der Waals surface area contributed by atoms with Crippen molar-refractivity contribution in [2.75, 3.05) is 13.6 Å². The van der Waals surface area contributed by atoms with E-state index in [-0.39, 0.29) is 11.2 Å². The van der Waals surface area contributed by atoms with Gasteiger partial charge in [0.15, 0.2) is 5.96 Å². The maximum atomic E-state index is 13.6. The number of nitrogens with zero attached hydrogens (tertiary/aromatic N) is 2. The zero-order valence-corrected chi connectivity index (χ0v) is 15.8. The van der Waals surface area contributed by atoms with Crippen LogP contribution in [0.2, 0.25) is 0 Å². The first-order valence-electron chi connectivity index (χ1n) is 9.39. The molecule has 5 nitrogen and oxygen atoms in total. The third-order valence-electron chi connectivity index (χ3n) is 5.12. The highest BCUT2D eigenvalue weighted by atomic mass is 19.1. The molecule has 2 N–H and O–H groups in total. The molecule has 1 fully saturated rings. The molecule has 6 heteroatoms. The summed E-state index contributed by atoms with van der Waals surface area (Å²) in [5, 5.41) is 6.61. The number of hydrogen-bond acceptors (Lipinski definition) is 3. The number of rotatable bonds is 6. The molecule has 1 aliphatic rings. The molecule has 2 aromatic carbocycles. The summed E-state index contributed by atoms with van der Waals surface area (Å²) in [5.41, 5.74) is 2.78. The Kier molecular flexibility index (Phi) is 5.10. The molecule has 3 aromatic rings. The van der Waals surface area contributed by atoms with Gasteiger partial charge in [0.2, 0.25) is 5.89 Å². The van der Waals surface area contributed by atoms with Gasteiger partial charge < -0.3 is 15.1 Å². The van der Waals surface area contributed by atoms with Crippen molar-refractivity contribution < 1.29 is 8.81 Å². The van der Waals surface area contributed by atoms with E-state index in [9.17, 15) is 4.39 Å². The van der Waals surface area contributed by atoms with Crippen LogP contribution >= 0.6 is 0 Å². The Morgan fingerprint density at radius 2 is 1.96 bits per heavy atom.